The molecule has 2 heterocycles. The Kier molecular flexibility index (Phi) is 4.69. The number of amides is 1. The van der Waals surface area contributed by atoms with Gasteiger partial charge in [-0.05, 0) is 44.0 Å². The molecule has 116 valence electrons. The van der Waals surface area contributed by atoms with Crippen molar-refractivity contribution in [3.8, 4) is 11.5 Å². The summed E-state index contributed by atoms with van der Waals surface area (Å²) in [5.41, 5.74) is 0.808. The lowest BCUT2D eigenvalue weighted by atomic mass is 10.2. The molecule has 22 heavy (non-hydrogen) atoms. The van der Waals surface area contributed by atoms with Gasteiger partial charge in [-0.15, -0.1) is 10.2 Å². The fourth-order valence-corrected chi connectivity index (χ4v) is 3.26. The smallest absolute Gasteiger partial charge is 0.277 e. The summed E-state index contributed by atoms with van der Waals surface area (Å²) in [6.45, 7) is 3.57. The average Bonchev–Trinajstić information content (AvgIpc) is 3.18. The van der Waals surface area contributed by atoms with E-state index in [2.05, 4.69) is 10.2 Å². The number of hydrogen-bond donors (Lipinski definition) is 0. The normalized spacial score (nSPS) is 16.0. The standard InChI is InChI=1S/C15H16ClN3O2S/c1-10(14(20)19-8-2-3-9-19)22-15-18-17-13(21-15)11-4-6-12(16)7-5-11/h4-7,10H,2-3,8-9H2,1H3/t10-/m0/s1. The van der Waals surface area contributed by atoms with Crippen LogP contribution in [-0.4, -0.2) is 39.3 Å². The van der Waals surface area contributed by atoms with Crippen molar-refractivity contribution in [1.82, 2.24) is 15.1 Å². The van der Waals surface area contributed by atoms with Crippen LogP contribution in [-0.2, 0) is 4.79 Å². The number of nitrogens with zero attached hydrogens (tertiary/aromatic N) is 3. The summed E-state index contributed by atoms with van der Waals surface area (Å²) < 4.78 is 5.62. The van der Waals surface area contributed by atoms with Crippen LogP contribution in [0.25, 0.3) is 11.5 Å². The van der Waals surface area contributed by atoms with Gasteiger partial charge in [0, 0.05) is 23.7 Å². The molecule has 0 unspecified atom stereocenters. The average molecular weight is 338 g/mol. The third-order valence-electron chi connectivity index (χ3n) is 3.54. The monoisotopic (exact) mass is 337 g/mol. The molecule has 0 radical (unpaired) electrons. The minimum absolute atomic E-state index is 0.133. The molecule has 2 aromatic rings. The summed E-state index contributed by atoms with van der Waals surface area (Å²) in [6.07, 6.45) is 2.18. The molecule has 1 atom stereocenters. The highest BCUT2D eigenvalue weighted by atomic mass is 35.5. The largest absolute Gasteiger partial charge is 0.411 e. The molecule has 0 bridgehead atoms. The second kappa shape index (κ2) is 6.71. The molecule has 1 saturated heterocycles. The molecule has 0 spiro atoms. The second-order valence-electron chi connectivity index (χ2n) is 5.17. The predicted octanol–water partition coefficient (Wildman–Crippen LogP) is 3.49. The van der Waals surface area contributed by atoms with Gasteiger partial charge in [0.2, 0.25) is 11.8 Å². The van der Waals surface area contributed by atoms with Gasteiger partial charge in [0.15, 0.2) is 0 Å². The van der Waals surface area contributed by atoms with Gasteiger partial charge in [0.05, 0.1) is 5.25 Å². The van der Waals surface area contributed by atoms with Gasteiger partial charge in [-0.2, -0.15) is 0 Å². The number of thioether (sulfide) groups is 1. The first-order valence-electron chi connectivity index (χ1n) is 7.18. The Balaban J connectivity index is 1.66. The highest BCUT2D eigenvalue weighted by Gasteiger charge is 2.25. The quantitative estimate of drug-likeness (QED) is 0.799. The Morgan fingerprint density at radius 2 is 1.95 bits per heavy atom. The summed E-state index contributed by atoms with van der Waals surface area (Å²) in [5.74, 6) is 0.564. The van der Waals surface area contributed by atoms with Crippen LogP contribution in [0.15, 0.2) is 33.9 Å². The molecular formula is C15H16ClN3O2S. The molecule has 0 saturated carbocycles. The van der Waals surface area contributed by atoms with Crippen molar-refractivity contribution in [2.75, 3.05) is 13.1 Å². The fraction of sp³-hybridized carbons (Fsp3) is 0.400. The van der Waals surface area contributed by atoms with Crippen molar-refractivity contribution >= 4 is 29.3 Å². The zero-order chi connectivity index (χ0) is 15.5. The highest BCUT2D eigenvalue weighted by Crippen LogP contribution is 2.28. The van der Waals surface area contributed by atoms with E-state index in [4.69, 9.17) is 16.0 Å². The topological polar surface area (TPSA) is 59.2 Å². The van der Waals surface area contributed by atoms with E-state index in [1.807, 2.05) is 24.0 Å². The molecule has 1 amide bonds. The molecule has 1 fully saturated rings. The van der Waals surface area contributed by atoms with E-state index in [0.717, 1.165) is 31.5 Å². The number of aromatic nitrogens is 2. The van der Waals surface area contributed by atoms with Crippen LogP contribution in [0, 0.1) is 0 Å². The molecule has 5 nitrogen and oxygen atoms in total. The molecule has 0 aliphatic carbocycles. The number of carbonyl (C=O) groups is 1. The van der Waals surface area contributed by atoms with Gasteiger partial charge in [0.25, 0.3) is 5.22 Å². The molecule has 1 aromatic carbocycles. The molecule has 3 rings (SSSR count). The maximum absolute atomic E-state index is 12.3. The Morgan fingerprint density at radius 3 is 2.64 bits per heavy atom. The molecular weight excluding hydrogens is 322 g/mol. The van der Waals surface area contributed by atoms with Gasteiger partial charge in [-0.3, -0.25) is 4.79 Å². The van der Waals surface area contributed by atoms with Gasteiger partial charge < -0.3 is 9.32 Å². The zero-order valence-electron chi connectivity index (χ0n) is 12.2. The Morgan fingerprint density at radius 1 is 1.27 bits per heavy atom. The number of rotatable bonds is 4. The molecule has 1 aromatic heterocycles. The van der Waals surface area contributed by atoms with E-state index in [9.17, 15) is 4.79 Å². The summed E-state index contributed by atoms with van der Waals surface area (Å²) in [5, 5.41) is 8.86. The van der Waals surface area contributed by atoms with Crippen molar-refractivity contribution in [3.63, 3.8) is 0 Å². The van der Waals surface area contributed by atoms with E-state index in [-0.39, 0.29) is 11.2 Å². The van der Waals surface area contributed by atoms with E-state index in [0.29, 0.717) is 16.1 Å². The van der Waals surface area contributed by atoms with E-state index < -0.39 is 0 Å². The summed E-state index contributed by atoms with van der Waals surface area (Å²) in [6, 6.07) is 7.19. The summed E-state index contributed by atoms with van der Waals surface area (Å²) in [7, 11) is 0. The predicted molar refractivity (Wildman–Crippen MR) is 85.9 cm³/mol. The number of benzene rings is 1. The SMILES string of the molecule is C[C@H](Sc1nnc(-c2ccc(Cl)cc2)o1)C(=O)N1CCCC1. The van der Waals surface area contributed by atoms with Gasteiger partial charge >= 0.3 is 0 Å². The Labute approximate surface area is 138 Å². The lowest BCUT2D eigenvalue weighted by Crippen LogP contribution is -2.34. The lowest BCUT2D eigenvalue weighted by molar-refractivity contribution is -0.129. The van der Waals surface area contributed by atoms with E-state index >= 15 is 0 Å². The maximum atomic E-state index is 12.3. The van der Waals surface area contributed by atoms with Crippen LogP contribution in [0.2, 0.25) is 5.02 Å². The minimum atomic E-state index is -0.225. The van der Waals surface area contributed by atoms with Crippen LogP contribution in [0.1, 0.15) is 19.8 Å². The molecule has 1 aliphatic heterocycles. The first-order valence-corrected chi connectivity index (χ1v) is 8.44. The van der Waals surface area contributed by atoms with Crippen LogP contribution in [0.4, 0.5) is 0 Å². The Hall–Kier alpha value is -1.53. The number of halogens is 1. The van der Waals surface area contributed by atoms with Gasteiger partial charge in [0.1, 0.15) is 0 Å². The number of hydrogen-bond acceptors (Lipinski definition) is 5. The van der Waals surface area contributed by atoms with E-state index in [1.54, 1.807) is 12.1 Å². The van der Waals surface area contributed by atoms with E-state index in [1.165, 1.54) is 11.8 Å². The van der Waals surface area contributed by atoms with Crippen LogP contribution in [0.3, 0.4) is 0 Å². The second-order valence-corrected chi connectivity index (χ2v) is 6.90. The van der Waals surface area contributed by atoms with Crippen LogP contribution < -0.4 is 0 Å². The lowest BCUT2D eigenvalue weighted by Gasteiger charge is -2.18. The first-order chi connectivity index (χ1) is 10.6. The fourth-order valence-electron chi connectivity index (χ4n) is 2.36. The van der Waals surface area contributed by atoms with Crippen LogP contribution in [0.5, 0.6) is 0 Å². The molecule has 7 heteroatoms. The molecule has 1 aliphatic rings. The third-order valence-corrected chi connectivity index (χ3v) is 4.71. The first kappa shape index (κ1) is 15.4. The third kappa shape index (κ3) is 3.44. The van der Waals surface area contributed by atoms with Crippen molar-refractivity contribution in [2.45, 2.75) is 30.2 Å². The van der Waals surface area contributed by atoms with Crippen molar-refractivity contribution in [2.24, 2.45) is 0 Å². The van der Waals surface area contributed by atoms with Crippen LogP contribution >= 0.6 is 23.4 Å². The van der Waals surface area contributed by atoms with Crippen molar-refractivity contribution in [3.05, 3.63) is 29.3 Å². The number of carbonyl (C=O) groups excluding carboxylic acids is 1. The highest BCUT2D eigenvalue weighted by molar-refractivity contribution is 8.00. The van der Waals surface area contributed by atoms with Gasteiger partial charge in [-0.25, -0.2) is 0 Å². The molecule has 0 N–H and O–H groups in total. The van der Waals surface area contributed by atoms with Gasteiger partial charge in [-0.1, -0.05) is 23.4 Å². The van der Waals surface area contributed by atoms with Crippen molar-refractivity contribution in [1.29, 1.82) is 0 Å². The number of likely N-dealkylation sites (tertiary alicyclic amines) is 1. The summed E-state index contributed by atoms with van der Waals surface area (Å²) >= 11 is 7.16. The van der Waals surface area contributed by atoms with Crippen molar-refractivity contribution < 1.29 is 9.21 Å². The maximum Gasteiger partial charge on any atom is 0.277 e. The Bertz CT molecular complexity index is 653. The summed E-state index contributed by atoms with van der Waals surface area (Å²) in [4.78, 5) is 14.2. The minimum Gasteiger partial charge on any atom is -0.411 e. The zero-order valence-corrected chi connectivity index (χ0v) is 13.7.